The maximum Gasteiger partial charge on any atom is 0.303 e. The Morgan fingerprint density at radius 3 is 2.33 bits per heavy atom. The van der Waals surface area contributed by atoms with Crippen molar-refractivity contribution < 1.29 is 19.5 Å². The van der Waals surface area contributed by atoms with Gasteiger partial charge >= 0.3 is 5.97 Å². The molecule has 0 unspecified atom stereocenters. The van der Waals surface area contributed by atoms with Crippen LogP contribution in [0.25, 0.3) is 0 Å². The highest BCUT2D eigenvalue weighted by Crippen LogP contribution is 2.10. The zero-order valence-electron chi connectivity index (χ0n) is 12.2. The fourth-order valence-electron chi connectivity index (χ4n) is 1.76. The van der Waals surface area contributed by atoms with Crippen molar-refractivity contribution in [3.8, 4) is 0 Å². The Bertz CT molecular complexity index is 512. The maximum atomic E-state index is 11.8. The molecule has 114 valence electrons. The molecule has 0 bridgehead atoms. The number of amides is 2. The lowest BCUT2D eigenvalue weighted by Gasteiger charge is -2.25. The molecule has 0 atom stereocenters. The molecule has 21 heavy (non-hydrogen) atoms. The summed E-state index contributed by atoms with van der Waals surface area (Å²) in [6.07, 6.45) is 0.296. The van der Waals surface area contributed by atoms with E-state index in [0.29, 0.717) is 12.0 Å². The Morgan fingerprint density at radius 1 is 1.14 bits per heavy atom. The fraction of sp³-hybridized carbons (Fsp3) is 0.400. The van der Waals surface area contributed by atoms with Crippen LogP contribution in [0.3, 0.4) is 0 Å². The minimum Gasteiger partial charge on any atom is -0.481 e. The third-order valence-electron chi connectivity index (χ3n) is 2.89. The standard InChI is InChI=1S/C15H20N2O4/c1-15(2,9-8-13(19)20)17-12(18)10-16-14(21)11-6-4-3-5-7-11/h3-7H,8-10H2,1-2H3,(H,16,21)(H,17,18)(H,19,20). The molecule has 0 aliphatic heterocycles. The lowest BCUT2D eigenvalue weighted by atomic mass is 9.98. The van der Waals surface area contributed by atoms with Gasteiger partial charge in [-0.05, 0) is 32.4 Å². The van der Waals surface area contributed by atoms with Crippen molar-refractivity contribution in [1.29, 1.82) is 0 Å². The van der Waals surface area contributed by atoms with Crippen LogP contribution in [0.2, 0.25) is 0 Å². The van der Waals surface area contributed by atoms with E-state index >= 15 is 0 Å². The molecule has 1 aromatic carbocycles. The second kappa shape index (κ2) is 7.42. The summed E-state index contributed by atoms with van der Waals surface area (Å²) in [5.41, 5.74) is -0.150. The first-order valence-electron chi connectivity index (χ1n) is 6.66. The van der Waals surface area contributed by atoms with Gasteiger partial charge in [0.25, 0.3) is 5.91 Å². The minimum absolute atomic E-state index is 0.0242. The van der Waals surface area contributed by atoms with Gasteiger partial charge in [0.15, 0.2) is 0 Å². The summed E-state index contributed by atoms with van der Waals surface area (Å²) in [6.45, 7) is 3.34. The molecule has 0 aliphatic carbocycles. The Balaban J connectivity index is 2.40. The van der Waals surface area contributed by atoms with Crippen molar-refractivity contribution in [2.45, 2.75) is 32.2 Å². The van der Waals surface area contributed by atoms with Gasteiger partial charge in [0.1, 0.15) is 0 Å². The summed E-state index contributed by atoms with van der Waals surface area (Å²) in [5.74, 6) is -1.58. The predicted octanol–water partition coefficient (Wildman–Crippen LogP) is 1.18. The van der Waals surface area contributed by atoms with Gasteiger partial charge in [-0.15, -0.1) is 0 Å². The lowest BCUT2D eigenvalue weighted by molar-refractivity contribution is -0.137. The monoisotopic (exact) mass is 292 g/mol. The topological polar surface area (TPSA) is 95.5 Å². The molecule has 0 fully saturated rings. The second-order valence-electron chi connectivity index (χ2n) is 5.37. The van der Waals surface area contributed by atoms with Gasteiger partial charge in [-0.3, -0.25) is 14.4 Å². The molecule has 0 aromatic heterocycles. The third kappa shape index (κ3) is 6.56. The van der Waals surface area contributed by atoms with E-state index in [0.717, 1.165) is 0 Å². The van der Waals surface area contributed by atoms with Gasteiger partial charge in [0, 0.05) is 17.5 Å². The second-order valence-corrected chi connectivity index (χ2v) is 5.37. The van der Waals surface area contributed by atoms with E-state index in [1.165, 1.54) is 0 Å². The maximum absolute atomic E-state index is 11.8. The number of carboxylic acid groups (broad SMARTS) is 1. The average Bonchev–Trinajstić information content (AvgIpc) is 2.43. The van der Waals surface area contributed by atoms with E-state index in [2.05, 4.69) is 10.6 Å². The van der Waals surface area contributed by atoms with E-state index in [1.54, 1.807) is 44.2 Å². The van der Waals surface area contributed by atoms with Gasteiger partial charge < -0.3 is 15.7 Å². The number of carboxylic acids is 1. The number of hydrogen-bond donors (Lipinski definition) is 3. The first kappa shape index (κ1) is 16.7. The molecule has 0 radical (unpaired) electrons. The number of rotatable bonds is 7. The zero-order chi connectivity index (χ0) is 15.9. The fourth-order valence-corrected chi connectivity index (χ4v) is 1.76. The van der Waals surface area contributed by atoms with Crippen LogP contribution in [0.4, 0.5) is 0 Å². The molecule has 0 saturated heterocycles. The Morgan fingerprint density at radius 2 is 1.76 bits per heavy atom. The molecule has 0 spiro atoms. The van der Waals surface area contributed by atoms with E-state index in [4.69, 9.17) is 5.11 Å². The Hall–Kier alpha value is -2.37. The van der Waals surface area contributed by atoms with Crippen molar-refractivity contribution in [1.82, 2.24) is 10.6 Å². The molecule has 2 amide bonds. The third-order valence-corrected chi connectivity index (χ3v) is 2.89. The number of hydrogen-bond acceptors (Lipinski definition) is 3. The van der Waals surface area contributed by atoms with E-state index < -0.39 is 11.5 Å². The zero-order valence-corrected chi connectivity index (χ0v) is 12.2. The minimum atomic E-state index is -0.908. The van der Waals surface area contributed by atoms with Gasteiger partial charge in [-0.25, -0.2) is 0 Å². The lowest BCUT2D eigenvalue weighted by Crippen LogP contribution is -2.47. The van der Waals surface area contributed by atoms with E-state index in [9.17, 15) is 14.4 Å². The summed E-state index contributed by atoms with van der Waals surface area (Å²) in [7, 11) is 0. The first-order chi connectivity index (χ1) is 9.80. The number of benzene rings is 1. The van der Waals surface area contributed by atoms with Crippen LogP contribution in [0, 0.1) is 0 Å². The number of aliphatic carboxylic acids is 1. The Kier molecular flexibility index (Phi) is 5.90. The van der Waals surface area contributed by atoms with Gasteiger partial charge in [-0.1, -0.05) is 18.2 Å². The van der Waals surface area contributed by atoms with Crippen molar-refractivity contribution in [3.63, 3.8) is 0 Å². The van der Waals surface area contributed by atoms with Crippen molar-refractivity contribution >= 4 is 17.8 Å². The van der Waals surface area contributed by atoms with Gasteiger partial charge in [0.05, 0.1) is 6.54 Å². The molecular formula is C15H20N2O4. The molecule has 0 heterocycles. The van der Waals surface area contributed by atoms with Crippen LogP contribution in [-0.4, -0.2) is 35.0 Å². The van der Waals surface area contributed by atoms with Crippen LogP contribution in [0.5, 0.6) is 0 Å². The van der Waals surface area contributed by atoms with Crippen LogP contribution in [-0.2, 0) is 9.59 Å². The normalized spacial score (nSPS) is 10.8. The number of nitrogens with one attached hydrogen (secondary N) is 2. The summed E-state index contributed by atoms with van der Waals surface area (Å²) in [4.78, 5) is 34.1. The first-order valence-corrected chi connectivity index (χ1v) is 6.66. The molecular weight excluding hydrogens is 272 g/mol. The van der Waals surface area contributed by atoms with Gasteiger partial charge in [0.2, 0.25) is 5.91 Å². The summed E-state index contributed by atoms with van der Waals surface area (Å²) < 4.78 is 0. The highest BCUT2D eigenvalue weighted by atomic mass is 16.4. The average molecular weight is 292 g/mol. The van der Waals surface area contributed by atoms with E-state index in [1.807, 2.05) is 0 Å². The van der Waals surface area contributed by atoms with Crippen LogP contribution in [0.15, 0.2) is 30.3 Å². The van der Waals surface area contributed by atoms with Crippen LogP contribution >= 0.6 is 0 Å². The summed E-state index contributed by atoms with van der Waals surface area (Å²) in [5, 5.41) is 13.9. The largest absolute Gasteiger partial charge is 0.481 e. The highest BCUT2D eigenvalue weighted by molar-refractivity contribution is 5.96. The molecule has 6 nitrogen and oxygen atoms in total. The predicted molar refractivity (Wildman–Crippen MR) is 77.9 cm³/mol. The summed E-state index contributed by atoms with van der Waals surface area (Å²) >= 11 is 0. The van der Waals surface area contributed by atoms with Gasteiger partial charge in [-0.2, -0.15) is 0 Å². The number of carbonyl (C=O) groups excluding carboxylic acids is 2. The highest BCUT2D eigenvalue weighted by Gasteiger charge is 2.21. The van der Waals surface area contributed by atoms with Crippen LogP contribution in [0.1, 0.15) is 37.0 Å². The quantitative estimate of drug-likeness (QED) is 0.703. The molecule has 0 saturated carbocycles. The smallest absolute Gasteiger partial charge is 0.303 e. The summed E-state index contributed by atoms with van der Waals surface area (Å²) in [6, 6.07) is 8.59. The molecule has 3 N–H and O–H groups in total. The number of carbonyl (C=O) groups is 3. The molecule has 6 heteroatoms. The van der Waals surface area contributed by atoms with E-state index in [-0.39, 0.29) is 24.8 Å². The van der Waals surface area contributed by atoms with Crippen molar-refractivity contribution in [3.05, 3.63) is 35.9 Å². The molecule has 1 aromatic rings. The van der Waals surface area contributed by atoms with Crippen LogP contribution < -0.4 is 10.6 Å². The van der Waals surface area contributed by atoms with Crippen molar-refractivity contribution in [2.24, 2.45) is 0 Å². The molecule has 1 rings (SSSR count). The van der Waals surface area contributed by atoms with Crippen molar-refractivity contribution in [2.75, 3.05) is 6.54 Å². The Labute approximate surface area is 123 Å². The SMILES string of the molecule is CC(C)(CCC(=O)O)NC(=O)CNC(=O)c1ccccc1. The molecule has 0 aliphatic rings.